The van der Waals surface area contributed by atoms with E-state index in [1.165, 1.54) is 4.90 Å². The summed E-state index contributed by atoms with van der Waals surface area (Å²) in [5, 5.41) is 3.01. The highest BCUT2D eigenvalue weighted by atomic mass is 127. The van der Waals surface area contributed by atoms with Crippen LogP contribution in [0.3, 0.4) is 0 Å². The molecule has 3 aromatic rings. The molecule has 3 amide bonds. The van der Waals surface area contributed by atoms with Gasteiger partial charge in [-0.3, -0.25) is 19.3 Å². The van der Waals surface area contributed by atoms with Gasteiger partial charge >= 0.3 is 0 Å². The molecule has 6 nitrogen and oxygen atoms in total. The minimum atomic E-state index is -0.326. The number of rotatable bonds is 7. The first kappa shape index (κ1) is 26.7. The van der Waals surface area contributed by atoms with Gasteiger partial charge in [-0.2, -0.15) is 0 Å². The summed E-state index contributed by atoms with van der Waals surface area (Å²) in [6.45, 7) is 1.92. The highest BCUT2D eigenvalue weighted by Crippen LogP contribution is 2.35. The van der Waals surface area contributed by atoms with Crippen LogP contribution in [0.25, 0.3) is 6.08 Å². The molecule has 4 rings (SSSR count). The van der Waals surface area contributed by atoms with Gasteiger partial charge in [-0.05, 0) is 116 Å². The van der Waals surface area contributed by atoms with Crippen molar-refractivity contribution >= 4 is 90.7 Å². The molecule has 1 heterocycles. The number of ether oxygens (including phenoxy) is 1. The molecule has 10 heteroatoms. The molecule has 0 saturated carbocycles. The van der Waals surface area contributed by atoms with Crippen molar-refractivity contribution in [2.45, 2.75) is 13.5 Å². The Morgan fingerprint density at radius 3 is 2.58 bits per heavy atom. The van der Waals surface area contributed by atoms with Crippen molar-refractivity contribution in [3.8, 4) is 5.75 Å². The number of nitrogens with one attached hydrogen (secondary N) is 1. The first-order chi connectivity index (χ1) is 17.2. The molecule has 0 aromatic heterocycles. The molecular weight excluding hydrogens is 679 g/mol. The molecule has 1 fully saturated rings. The maximum absolute atomic E-state index is 12.8. The number of anilines is 1. The summed E-state index contributed by atoms with van der Waals surface area (Å²) >= 11 is 12.7. The standard InChI is InChI=1S/C26H19BrClIN2O4S/c1-15-2-8-19(12-21(15)28)30-24(32)14-35-22-9-5-17(10-20(22)27)11-23-25(33)31(26(34)36-23)13-16-3-6-18(29)7-4-16/h2-12H,13-14H2,1H3,(H,30,32)/b23-11-. The first-order valence-electron chi connectivity index (χ1n) is 10.7. The zero-order chi connectivity index (χ0) is 25.8. The second-order valence-electron chi connectivity index (χ2n) is 7.88. The number of hydrogen-bond donors (Lipinski definition) is 1. The molecule has 0 unspecified atom stereocenters. The van der Waals surface area contributed by atoms with Gasteiger partial charge in [0.25, 0.3) is 17.1 Å². The quantitative estimate of drug-likeness (QED) is 0.208. The van der Waals surface area contributed by atoms with Crippen molar-refractivity contribution in [2.75, 3.05) is 11.9 Å². The average Bonchev–Trinajstić information content (AvgIpc) is 3.09. The number of benzene rings is 3. The molecule has 0 atom stereocenters. The summed E-state index contributed by atoms with van der Waals surface area (Å²) in [5.41, 5.74) is 3.11. The van der Waals surface area contributed by atoms with Crippen molar-refractivity contribution < 1.29 is 19.1 Å². The Morgan fingerprint density at radius 1 is 1.14 bits per heavy atom. The third-order valence-corrected chi connectivity index (χ3v) is 7.85. The fraction of sp³-hybridized carbons (Fsp3) is 0.115. The monoisotopic (exact) mass is 696 g/mol. The zero-order valence-electron chi connectivity index (χ0n) is 18.9. The molecule has 0 radical (unpaired) electrons. The van der Waals surface area contributed by atoms with E-state index in [4.69, 9.17) is 16.3 Å². The average molecular weight is 698 g/mol. The van der Waals surface area contributed by atoms with Gasteiger partial charge in [-0.1, -0.05) is 35.9 Å². The van der Waals surface area contributed by atoms with Crippen LogP contribution >= 0.6 is 61.9 Å². The molecule has 3 aromatic carbocycles. The lowest BCUT2D eigenvalue weighted by atomic mass is 10.2. The SMILES string of the molecule is Cc1ccc(NC(=O)COc2ccc(/C=C3\SC(=O)N(Cc4ccc(I)cc4)C3=O)cc2Br)cc1Cl. The first-order valence-corrected chi connectivity index (χ1v) is 13.7. The molecule has 1 saturated heterocycles. The lowest BCUT2D eigenvalue weighted by molar-refractivity contribution is -0.123. The summed E-state index contributed by atoms with van der Waals surface area (Å²) in [4.78, 5) is 39.1. The number of halogens is 3. The fourth-order valence-electron chi connectivity index (χ4n) is 3.29. The van der Waals surface area contributed by atoms with Crippen LogP contribution in [-0.4, -0.2) is 28.6 Å². The maximum Gasteiger partial charge on any atom is 0.293 e. The second-order valence-corrected chi connectivity index (χ2v) is 11.4. The highest BCUT2D eigenvalue weighted by Gasteiger charge is 2.35. The molecular formula is C26H19BrClIN2O4S. The number of amides is 3. The number of hydrogen-bond acceptors (Lipinski definition) is 5. The van der Waals surface area contributed by atoms with Crippen molar-refractivity contribution in [1.82, 2.24) is 4.90 Å². The van der Waals surface area contributed by atoms with E-state index in [2.05, 4.69) is 43.8 Å². The Labute approximate surface area is 239 Å². The Bertz CT molecular complexity index is 1380. The van der Waals surface area contributed by atoms with E-state index in [1.807, 2.05) is 37.3 Å². The number of carbonyl (C=O) groups is 3. The highest BCUT2D eigenvalue weighted by molar-refractivity contribution is 14.1. The van der Waals surface area contributed by atoms with Crippen molar-refractivity contribution in [3.63, 3.8) is 0 Å². The summed E-state index contributed by atoms with van der Waals surface area (Å²) in [6.07, 6.45) is 1.67. The summed E-state index contributed by atoms with van der Waals surface area (Å²) in [6, 6.07) is 18.2. The predicted octanol–water partition coefficient (Wildman–Crippen LogP) is 7.27. The van der Waals surface area contributed by atoms with E-state index in [9.17, 15) is 14.4 Å². The van der Waals surface area contributed by atoms with Gasteiger partial charge in [0.15, 0.2) is 6.61 Å². The summed E-state index contributed by atoms with van der Waals surface area (Å²) in [5.74, 6) is -0.184. The van der Waals surface area contributed by atoms with E-state index in [-0.39, 0.29) is 30.2 Å². The number of nitrogens with zero attached hydrogens (tertiary/aromatic N) is 1. The molecule has 0 bridgehead atoms. The number of imide groups is 1. The molecule has 184 valence electrons. The van der Waals surface area contributed by atoms with Gasteiger partial charge in [-0.25, -0.2) is 0 Å². The van der Waals surface area contributed by atoms with Crippen LogP contribution < -0.4 is 10.1 Å². The largest absolute Gasteiger partial charge is 0.483 e. The molecule has 1 aliphatic rings. The lowest BCUT2D eigenvalue weighted by Crippen LogP contribution is -2.27. The molecule has 36 heavy (non-hydrogen) atoms. The van der Waals surface area contributed by atoms with Crippen molar-refractivity contribution in [2.24, 2.45) is 0 Å². The Balaban J connectivity index is 1.37. The lowest BCUT2D eigenvalue weighted by Gasteiger charge is -2.12. The van der Waals surface area contributed by atoms with Gasteiger partial charge in [-0.15, -0.1) is 0 Å². The zero-order valence-corrected chi connectivity index (χ0v) is 24.2. The summed E-state index contributed by atoms with van der Waals surface area (Å²) in [7, 11) is 0. The maximum atomic E-state index is 12.8. The Hall–Kier alpha value is -2.34. The molecule has 0 spiro atoms. The number of thioether (sulfide) groups is 1. The van der Waals surface area contributed by atoms with E-state index >= 15 is 0 Å². The van der Waals surface area contributed by atoms with Crippen molar-refractivity contribution in [1.29, 1.82) is 0 Å². The third kappa shape index (κ3) is 6.70. The van der Waals surface area contributed by atoms with E-state index < -0.39 is 0 Å². The van der Waals surface area contributed by atoms with Crippen molar-refractivity contribution in [3.05, 3.63) is 95.3 Å². The van der Waals surface area contributed by atoms with Gasteiger partial charge < -0.3 is 10.1 Å². The van der Waals surface area contributed by atoms with Gasteiger partial charge in [0.05, 0.1) is 15.9 Å². The van der Waals surface area contributed by atoms with Crippen LogP contribution in [0.15, 0.2) is 70.0 Å². The second kappa shape index (κ2) is 11.8. The van der Waals surface area contributed by atoms with Crippen LogP contribution in [0.2, 0.25) is 5.02 Å². The summed E-state index contributed by atoms with van der Waals surface area (Å²) < 4.78 is 7.33. The van der Waals surface area contributed by atoms with E-state index in [1.54, 1.807) is 36.4 Å². The van der Waals surface area contributed by atoms with Gasteiger partial charge in [0.2, 0.25) is 0 Å². The van der Waals surface area contributed by atoms with Gasteiger partial charge in [0.1, 0.15) is 5.75 Å². The smallest absolute Gasteiger partial charge is 0.293 e. The van der Waals surface area contributed by atoms with Crippen LogP contribution in [-0.2, 0) is 16.1 Å². The van der Waals surface area contributed by atoms with Crippen LogP contribution in [0.5, 0.6) is 5.75 Å². The van der Waals surface area contributed by atoms with Gasteiger partial charge in [0, 0.05) is 14.3 Å². The Kier molecular flexibility index (Phi) is 8.76. The van der Waals surface area contributed by atoms with Crippen LogP contribution in [0.1, 0.15) is 16.7 Å². The number of aryl methyl sites for hydroxylation is 1. The number of carbonyl (C=O) groups excluding carboxylic acids is 3. The van der Waals surface area contributed by atoms with E-state index in [0.29, 0.717) is 31.4 Å². The third-order valence-electron chi connectivity index (χ3n) is 5.20. The normalized spacial score (nSPS) is 14.4. The minimum absolute atomic E-state index is 0.194. The minimum Gasteiger partial charge on any atom is -0.483 e. The fourth-order valence-corrected chi connectivity index (χ4v) is 5.18. The molecule has 1 N–H and O–H groups in total. The molecule has 1 aliphatic heterocycles. The predicted molar refractivity (Wildman–Crippen MR) is 155 cm³/mol. The van der Waals surface area contributed by atoms with Crippen LogP contribution in [0.4, 0.5) is 10.5 Å². The van der Waals surface area contributed by atoms with Crippen LogP contribution in [0, 0.1) is 10.5 Å². The Morgan fingerprint density at radius 2 is 1.89 bits per heavy atom. The van der Waals surface area contributed by atoms with E-state index in [0.717, 1.165) is 26.5 Å². The molecule has 0 aliphatic carbocycles. The topological polar surface area (TPSA) is 75.7 Å².